The lowest BCUT2D eigenvalue weighted by Crippen LogP contribution is -2.06. The third-order valence-electron chi connectivity index (χ3n) is 11.0. The van der Waals surface area contributed by atoms with Gasteiger partial charge in [-0.25, -0.2) is 9.97 Å². The first kappa shape index (κ1) is 33.3. The predicted octanol–water partition coefficient (Wildman–Crippen LogP) is 12.8. The Morgan fingerprint density at radius 1 is 0.411 bits per heavy atom. The maximum Gasteiger partial charge on any atom is 0.160 e. The van der Waals surface area contributed by atoms with E-state index < -0.39 is 0 Å². The molecule has 0 amide bonds. The van der Waals surface area contributed by atoms with Crippen molar-refractivity contribution >= 4 is 43.6 Å². The van der Waals surface area contributed by atoms with Gasteiger partial charge in [-0.1, -0.05) is 107 Å². The van der Waals surface area contributed by atoms with E-state index in [9.17, 15) is 5.26 Å². The molecule has 0 unspecified atom stereocenters. The van der Waals surface area contributed by atoms with E-state index in [0.717, 1.165) is 83.1 Å². The maximum absolute atomic E-state index is 11.4. The van der Waals surface area contributed by atoms with Crippen LogP contribution in [-0.2, 0) is 0 Å². The number of hydrogen-bond donors (Lipinski definition) is 0. The minimum absolute atomic E-state index is 0.578. The summed E-state index contributed by atoms with van der Waals surface area (Å²) < 4.78 is 4.55. The summed E-state index contributed by atoms with van der Waals surface area (Å²) in [6.45, 7) is 8.53. The fourth-order valence-electron chi connectivity index (χ4n) is 8.32. The number of rotatable bonds is 5. The molecular weight excluding hydrogens is 683 g/mol. The second-order valence-electron chi connectivity index (χ2n) is 14.9. The molecule has 5 nitrogen and oxygen atoms in total. The molecule has 10 rings (SSSR count). The molecule has 266 valence electrons. The predicted molar refractivity (Wildman–Crippen MR) is 231 cm³/mol. The third kappa shape index (κ3) is 5.38. The molecule has 0 saturated carbocycles. The van der Waals surface area contributed by atoms with Crippen LogP contribution in [0.3, 0.4) is 0 Å². The lowest BCUT2D eigenvalue weighted by atomic mass is 10.0. The molecule has 5 heteroatoms. The van der Waals surface area contributed by atoms with Gasteiger partial charge in [-0.05, 0) is 94.4 Å². The van der Waals surface area contributed by atoms with E-state index in [1.165, 1.54) is 22.3 Å². The molecule has 0 aliphatic carbocycles. The van der Waals surface area contributed by atoms with Crippen molar-refractivity contribution in [2.75, 3.05) is 0 Å². The molecule has 0 atom stereocenters. The second-order valence-corrected chi connectivity index (χ2v) is 14.9. The van der Waals surface area contributed by atoms with Gasteiger partial charge >= 0.3 is 0 Å². The molecule has 56 heavy (non-hydrogen) atoms. The molecule has 0 saturated heterocycles. The van der Waals surface area contributed by atoms with Gasteiger partial charge in [-0.15, -0.1) is 0 Å². The number of fused-ring (bicyclic) bond motifs is 6. The Balaban J connectivity index is 1.37. The van der Waals surface area contributed by atoms with Crippen LogP contribution in [0.1, 0.15) is 27.8 Å². The van der Waals surface area contributed by atoms with E-state index in [2.05, 4.69) is 146 Å². The number of aryl methyl sites for hydroxylation is 4. The van der Waals surface area contributed by atoms with Gasteiger partial charge in [-0.2, -0.15) is 5.26 Å². The SMILES string of the molecule is Cc1ccc2c(c1)c1cc(C)ccc1n2-c1cc(-c2cc(-c3ccccc3)nc(-c3ccccc3)n2)cc(-n2c3ccc(C)cc3c3cc(C)ccc32)c1C#N. The Labute approximate surface area is 325 Å². The van der Waals surface area contributed by atoms with Gasteiger partial charge in [0, 0.05) is 38.2 Å². The summed E-state index contributed by atoms with van der Waals surface area (Å²) in [5, 5.41) is 16.0. The van der Waals surface area contributed by atoms with Crippen LogP contribution in [0.2, 0.25) is 0 Å². The first-order valence-corrected chi connectivity index (χ1v) is 19.0. The number of benzene rings is 7. The highest BCUT2D eigenvalue weighted by Gasteiger charge is 2.24. The average molecular weight is 720 g/mol. The van der Waals surface area contributed by atoms with Crippen molar-refractivity contribution in [1.29, 1.82) is 5.26 Å². The first-order valence-electron chi connectivity index (χ1n) is 19.0. The van der Waals surface area contributed by atoms with E-state index in [-0.39, 0.29) is 0 Å². The molecule has 0 fully saturated rings. The van der Waals surface area contributed by atoms with Gasteiger partial charge in [0.1, 0.15) is 11.6 Å². The Kier molecular flexibility index (Phi) is 7.69. The summed E-state index contributed by atoms with van der Waals surface area (Å²) in [7, 11) is 0. The van der Waals surface area contributed by atoms with Crippen LogP contribution < -0.4 is 0 Å². The number of nitrogens with zero attached hydrogens (tertiary/aromatic N) is 5. The molecule has 3 aromatic heterocycles. The molecule has 0 bridgehead atoms. The Morgan fingerprint density at radius 3 is 1.18 bits per heavy atom. The van der Waals surface area contributed by atoms with Crippen LogP contribution in [0.4, 0.5) is 0 Å². The zero-order valence-corrected chi connectivity index (χ0v) is 31.7. The van der Waals surface area contributed by atoms with Crippen molar-refractivity contribution in [3.63, 3.8) is 0 Å². The van der Waals surface area contributed by atoms with Crippen LogP contribution in [0.15, 0.2) is 152 Å². The minimum Gasteiger partial charge on any atom is -0.308 e. The lowest BCUT2D eigenvalue weighted by Gasteiger charge is -2.19. The molecule has 0 aliphatic heterocycles. The van der Waals surface area contributed by atoms with E-state index in [0.29, 0.717) is 11.4 Å². The zero-order valence-electron chi connectivity index (χ0n) is 31.7. The van der Waals surface area contributed by atoms with Crippen molar-refractivity contribution in [3.05, 3.63) is 179 Å². The molecule has 7 aromatic carbocycles. The summed E-state index contributed by atoms with van der Waals surface area (Å²) >= 11 is 0. The van der Waals surface area contributed by atoms with Gasteiger partial charge in [0.25, 0.3) is 0 Å². The molecule has 10 aromatic rings. The average Bonchev–Trinajstić information content (AvgIpc) is 3.71. The van der Waals surface area contributed by atoms with Crippen LogP contribution in [0.25, 0.3) is 88.9 Å². The number of aromatic nitrogens is 4. The molecule has 0 N–H and O–H groups in total. The molecular formula is C51H37N5. The topological polar surface area (TPSA) is 59.4 Å². The van der Waals surface area contributed by atoms with E-state index in [1.807, 2.05) is 48.5 Å². The zero-order chi connectivity index (χ0) is 38.1. The Morgan fingerprint density at radius 2 is 0.786 bits per heavy atom. The fourth-order valence-corrected chi connectivity index (χ4v) is 8.32. The summed E-state index contributed by atoms with van der Waals surface area (Å²) in [6.07, 6.45) is 0. The normalized spacial score (nSPS) is 11.6. The standard InChI is InChI=1S/C51H37N5/c1-31-15-19-45-38(23-31)39-24-32(2)16-20-46(39)55(45)49-27-37(44-29-43(35-11-7-5-8-12-35)53-51(54-44)36-13-9-6-10-14-36)28-50(42(49)30-52)56-47-21-17-33(3)25-40(47)41-26-34(4)18-22-48(41)56/h5-29H,1-4H3. The molecule has 0 spiro atoms. The fraction of sp³-hybridized carbons (Fsp3) is 0.0784. The van der Waals surface area contributed by atoms with E-state index >= 15 is 0 Å². The lowest BCUT2D eigenvalue weighted by molar-refractivity contribution is 1.11. The van der Waals surface area contributed by atoms with Crippen LogP contribution in [-0.4, -0.2) is 19.1 Å². The maximum atomic E-state index is 11.4. The van der Waals surface area contributed by atoms with Gasteiger partial charge < -0.3 is 9.13 Å². The second kappa shape index (κ2) is 12.9. The highest BCUT2D eigenvalue weighted by molar-refractivity contribution is 6.11. The largest absolute Gasteiger partial charge is 0.308 e. The van der Waals surface area contributed by atoms with Gasteiger partial charge in [0.2, 0.25) is 0 Å². The van der Waals surface area contributed by atoms with E-state index in [1.54, 1.807) is 0 Å². The van der Waals surface area contributed by atoms with Crippen molar-refractivity contribution < 1.29 is 0 Å². The van der Waals surface area contributed by atoms with Crippen LogP contribution in [0, 0.1) is 39.0 Å². The number of hydrogen-bond acceptors (Lipinski definition) is 3. The van der Waals surface area contributed by atoms with Crippen LogP contribution in [0.5, 0.6) is 0 Å². The summed E-state index contributed by atoms with van der Waals surface area (Å²) in [6, 6.07) is 55.9. The quantitative estimate of drug-likeness (QED) is 0.178. The van der Waals surface area contributed by atoms with Gasteiger partial charge in [0.05, 0.1) is 44.8 Å². The summed E-state index contributed by atoms with van der Waals surface area (Å²) in [5.74, 6) is 0.639. The van der Waals surface area contributed by atoms with Gasteiger partial charge in [-0.3, -0.25) is 0 Å². The monoisotopic (exact) mass is 719 g/mol. The van der Waals surface area contributed by atoms with Crippen LogP contribution >= 0.6 is 0 Å². The Hall–Kier alpha value is -7.29. The Bertz CT molecular complexity index is 2910. The highest BCUT2D eigenvalue weighted by Crippen LogP contribution is 2.41. The summed E-state index contributed by atoms with van der Waals surface area (Å²) in [5.41, 5.74) is 15.5. The molecule has 0 radical (unpaired) electrons. The molecule has 0 aliphatic rings. The van der Waals surface area contributed by atoms with Crippen molar-refractivity contribution in [2.45, 2.75) is 27.7 Å². The van der Waals surface area contributed by atoms with Crippen molar-refractivity contribution in [3.8, 4) is 51.3 Å². The van der Waals surface area contributed by atoms with Crippen molar-refractivity contribution in [1.82, 2.24) is 19.1 Å². The minimum atomic E-state index is 0.578. The van der Waals surface area contributed by atoms with E-state index in [4.69, 9.17) is 9.97 Å². The summed E-state index contributed by atoms with van der Waals surface area (Å²) in [4.78, 5) is 10.4. The molecule has 3 heterocycles. The third-order valence-corrected chi connectivity index (χ3v) is 11.0. The smallest absolute Gasteiger partial charge is 0.160 e. The highest BCUT2D eigenvalue weighted by atomic mass is 15.0. The van der Waals surface area contributed by atoms with Crippen molar-refractivity contribution in [2.24, 2.45) is 0 Å². The number of nitriles is 1. The van der Waals surface area contributed by atoms with Gasteiger partial charge in [0.15, 0.2) is 5.82 Å². The first-order chi connectivity index (χ1) is 27.3.